The van der Waals surface area contributed by atoms with E-state index in [0.717, 1.165) is 54.4 Å². The van der Waals surface area contributed by atoms with Crippen LogP contribution in [0.2, 0.25) is 0 Å². The Bertz CT molecular complexity index is 794. The average molecular weight is 367 g/mol. The van der Waals surface area contributed by atoms with E-state index in [1.807, 2.05) is 44.2 Å². The molecule has 0 bridgehead atoms. The molecule has 0 saturated heterocycles. The molecule has 26 heavy (non-hydrogen) atoms. The van der Waals surface area contributed by atoms with Crippen molar-refractivity contribution in [2.24, 2.45) is 0 Å². The van der Waals surface area contributed by atoms with E-state index in [9.17, 15) is 9.36 Å². The van der Waals surface area contributed by atoms with Gasteiger partial charge in [-0.2, -0.15) is 0 Å². The van der Waals surface area contributed by atoms with Gasteiger partial charge in [-0.05, 0) is 50.3 Å². The molecule has 1 unspecified atom stereocenters. The molecule has 0 amide bonds. The Labute approximate surface area is 157 Å². The molecule has 0 spiro atoms. The molecule has 2 aromatic rings. The summed E-state index contributed by atoms with van der Waals surface area (Å²) in [5, 5.41) is -0.700. The second-order valence-corrected chi connectivity index (χ2v) is 9.65. The molecule has 1 saturated carbocycles. The number of hydrogen-bond acceptors (Lipinski definition) is 2. The molecule has 0 heterocycles. The molecule has 1 aliphatic rings. The van der Waals surface area contributed by atoms with Gasteiger partial charge in [-0.3, -0.25) is 4.79 Å². The van der Waals surface area contributed by atoms with E-state index in [4.69, 9.17) is 0 Å². The lowest BCUT2D eigenvalue weighted by Crippen LogP contribution is -2.38. The predicted molar refractivity (Wildman–Crippen MR) is 109 cm³/mol. The first-order chi connectivity index (χ1) is 12.4. The van der Waals surface area contributed by atoms with Crippen LogP contribution >= 0.6 is 7.80 Å². The predicted octanol–water partition coefficient (Wildman–Crippen LogP) is 6.53. The SMILES string of the molecule is Cc1cc(C)c(C(=O)C2([P+](=O)Cc3ccccc3)CCCCC2)c(C)c1. The molecule has 1 aliphatic carbocycles. The van der Waals surface area contributed by atoms with E-state index < -0.39 is 13.0 Å². The smallest absolute Gasteiger partial charge is 0.289 e. The maximum absolute atomic E-state index is 13.7. The molecule has 2 nitrogen and oxygen atoms in total. The van der Waals surface area contributed by atoms with Crippen molar-refractivity contribution in [3.8, 4) is 0 Å². The summed E-state index contributed by atoms with van der Waals surface area (Å²) < 4.78 is 13.5. The average Bonchev–Trinajstić information content (AvgIpc) is 2.62. The van der Waals surface area contributed by atoms with Gasteiger partial charge in [-0.1, -0.05) is 59.0 Å². The molecule has 1 fully saturated rings. The van der Waals surface area contributed by atoms with Crippen LogP contribution in [-0.2, 0) is 10.7 Å². The van der Waals surface area contributed by atoms with Gasteiger partial charge in [0.25, 0.3) is 0 Å². The highest BCUT2D eigenvalue weighted by Crippen LogP contribution is 2.53. The summed E-state index contributed by atoms with van der Waals surface area (Å²) in [5.41, 5.74) is 5.06. The van der Waals surface area contributed by atoms with Crippen molar-refractivity contribution in [2.75, 3.05) is 0 Å². The Kier molecular flexibility index (Phi) is 5.73. The van der Waals surface area contributed by atoms with Gasteiger partial charge in [0.05, 0.1) is 0 Å². The zero-order chi connectivity index (χ0) is 18.7. The summed E-state index contributed by atoms with van der Waals surface area (Å²) in [7, 11) is -1.65. The monoisotopic (exact) mass is 367 g/mol. The van der Waals surface area contributed by atoms with Crippen molar-refractivity contribution < 1.29 is 9.36 Å². The molecule has 1 atom stereocenters. The van der Waals surface area contributed by atoms with Gasteiger partial charge < -0.3 is 0 Å². The molecule has 0 N–H and O–H groups in total. The minimum Gasteiger partial charge on any atom is -0.289 e. The van der Waals surface area contributed by atoms with Gasteiger partial charge in [0.15, 0.2) is 6.16 Å². The largest absolute Gasteiger partial charge is 0.357 e. The van der Waals surface area contributed by atoms with E-state index in [1.54, 1.807) is 0 Å². The Morgan fingerprint density at radius 3 is 2.12 bits per heavy atom. The third kappa shape index (κ3) is 3.67. The zero-order valence-corrected chi connectivity index (χ0v) is 16.9. The highest BCUT2D eigenvalue weighted by Gasteiger charge is 2.55. The fraction of sp³-hybridized carbons (Fsp3) is 0.435. The Morgan fingerprint density at radius 1 is 0.962 bits per heavy atom. The van der Waals surface area contributed by atoms with E-state index in [0.29, 0.717) is 6.16 Å². The van der Waals surface area contributed by atoms with Crippen molar-refractivity contribution in [1.29, 1.82) is 0 Å². The number of aryl methyl sites for hydroxylation is 3. The molecule has 3 rings (SSSR count). The minimum absolute atomic E-state index is 0.115. The first-order valence-electron chi connectivity index (χ1n) is 9.55. The second kappa shape index (κ2) is 7.84. The maximum Gasteiger partial charge on any atom is 0.357 e. The summed E-state index contributed by atoms with van der Waals surface area (Å²) in [4.78, 5) is 13.7. The third-order valence-electron chi connectivity index (χ3n) is 5.65. The van der Waals surface area contributed by atoms with Crippen molar-refractivity contribution >= 4 is 13.6 Å². The molecule has 2 aromatic carbocycles. The topological polar surface area (TPSA) is 34.1 Å². The summed E-state index contributed by atoms with van der Waals surface area (Å²) in [6.45, 7) is 6.07. The number of rotatable bonds is 5. The van der Waals surface area contributed by atoms with Crippen LogP contribution in [0.15, 0.2) is 42.5 Å². The van der Waals surface area contributed by atoms with Gasteiger partial charge in [-0.25, -0.2) is 0 Å². The Balaban J connectivity index is 2.00. The van der Waals surface area contributed by atoms with Crippen molar-refractivity contribution in [1.82, 2.24) is 0 Å². The molecule has 0 aromatic heterocycles. The molecule has 136 valence electrons. The lowest BCUT2D eigenvalue weighted by molar-refractivity contribution is 0.0911. The van der Waals surface area contributed by atoms with Crippen LogP contribution in [0.4, 0.5) is 0 Å². The number of carbonyl (C=O) groups excluding carboxylic acids is 1. The van der Waals surface area contributed by atoms with E-state index in [-0.39, 0.29) is 5.78 Å². The lowest BCUT2D eigenvalue weighted by atomic mass is 9.80. The molecular formula is C23H28O2P+. The normalized spacial score (nSPS) is 17.0. The first-order valence-corrected chi connectivity index (χ1v) is 11.0. The van der Waals surface area contributed by atoms with Crippen LogP contribution in [-0.4, -0.2) is 10.9 Å². The number of hydrogen-bond donors (Lipinski definition) is 0. The number of benzene rings is 2. The van der Waals surface area contributed by atoms with Gasteiger partial charge in [-0.15, -0.1) is 0 Å². The van der Waals surface area contributed by atoms with Crippen molar-refractivity contribution in [3.05, 3.63) is 70.3 Å². The van der Waals surface area contributed by atoms with Crippen molar-refractivity contribution in [2.45, 2.75) is 64.2 Å². The van der Waals surface area contributed by atoms with Crippen LogP contribution in [0, 0.1) is 20.8 Å². The minimum atomic E-state index is -1.65. The third-order valence-corrected chi connectivity index (χ3v) is 7.91. The van der Waals surface area contributed by atoms with Crippen LogP contribution < -0.4 is 0 Å². The molecule has 0 radical (unpaired) electrons. The highest BCUT2D eigenvalue weighted by molar-refractivity contribution is 7.47. The summed E-state index contributed by atoms with van der Waals surface area (Å²) in [6.07, 6.45) is 5.11. The van der Waals surface area contributed by atoms with Crippen LogP contribution in [0.5, 0.6) is 0 Å². The van der Waals surface area contributed by atoms with Gasteiger partial charge >= 0.3 is 7.80 Å². The number of Topliss-reactive ketones (excluding diaryl/α,β-unsaturated/α-hetero) is 1. The van der Waals surface area contributed by atoms with Gasteiger partial charge in [0.1, 0.15) is 0 Å². The van der Waals surface area contributed by atoms with E-state index in [1.165, 1.54) is 5.56 Å². The fourth-order valence-corrected chi connectivity index (χ4v) is 6.40. The standard InChI is InChI=1S/C23H28O2P/c1-17-14-18(2)21(19(3)15-17)22(24)23(12-8-5-9-13-23)26(25)16-20-10-6-4-7-11-20/h4,6-7,10-11,14-15H,5,8-9,12-13,16H2,1-3H3/q+1. The Morgan fingerprint density at radius 2 is 1.54 bits per heavy atom. The summed E-state index contributed by atoms with van der Waals surface area (Å²) in [5.74, 6) is 0.115. The Hall–Kier alpha value is -1.79. The lowest BCUT2D eigenvalue weighted by Gasteiger charge is -2.28. The quantitative estimate of drug-likeness (QED) is 0.445. The van der Waals surface area contributed by atoms with Gasteiger partial charge in [0, 0.05) is 18.4 Å². The second-order valence-electron chi connectivity index (χ2n) is 7.72. The van der Waals surface area contributed by atoms with Gasteiger partial charge in [0.2, 0.25) is 10.9 Å². The van der Waals surface area contributed by atoms with Crippen LogP contribution in [0.3, 0.4) is 0 Å². The fourth-order valence-electron chi connectivity index (χ4n) is 4.40. The molecular weight excluding hydrogens is 339 g/mol. The summed E-state index contributed by atoms with van der Waals surface area (Å²) in [6, 6.07) is 14.1. The maximum atomic E-state index is 13.7. The molecule has 0 aliphatic heterocycles. The van der Waals surface area contributed by atoms with Crippen LogP contribution in [0.1, 0.15) is 64.7 Å². The zero-order valence-electron chi connectivity index (χ0n) is 16.0. The highest BCUT2D eigenvalue weighted by atomic mass is 31.1. The number of carbonyl (C=O) groups is 1. The summed E-state index contributed by atoms with van der Waals surface area (Å²) >= 11 is 0. The number of ketones is 1. The molecule has 3 heteroatoms. The van der Waals surface area contributed by atoms with E-state index in [2.05, 4.69) is 19.1 Å². The van der Waals surface area contributed by atoms with E-state index >= 15 is 0 Å². The van der Waals surface area contributed by atoms with Crippen molar-refractivity contribution in [3.63, 3.8) is 0 Å². The van der Waals surface area contributed by atoms with Crippen LogP contribution in [0.25, 0.3) is 0 Å². The first kappa shape index (κ1) is 19.0.